The molecule has 0 bridgehead atoms. The van der Waals surface area contributed by atoms with Gasteiger partial charge < -0.3 is 5.73 Å². The van der Waals surface area contributed by atoms with Crippen LogP contribution in [0.1, 0.15) is 33.3 Å². The van der Waals surface area contributed by atoms with Crippen LogP contribution >= 0.6 is 11.3 Å². The fourth-order valence-corrected chi connectivity index (χ4v) is 3.17. The summed E-state index contributed by atoms with van der Waals surface area (Å²) in [6.07, 6.45) is 0.950. The molecule has 94 valence electrons. The number of hydrogen-bond donors (Lipinski definition) is 1. The third-order valence-corrected chi connectivity index (χ3v) is 4.03. The first-order valence-electron chi connectivity index (χ1n) is 6.02. The van der Waals surface area contributed by atoms with E-state index in [1.807, 2.05) is 11.4 Å². The Morgan fingerprint density at radius 1 is 1.33 bits per heavy atom. The lowest BCUT2D eigenvalue weighted by Gasteiger charge is -2.13. The van der Waals surface area contributed by atoms with Crippen LogP contribution in [0.15, 0.2) is 23.6 Å². The summed E-state index contributed by atoms with van der Waals surface area (Å²) in [6, 6.07) is 6.32. The largest absolute Gasteiger partial charge is 0.365 e. The van der Waals surface area contributed by atoms with E-state index in [-0.39, 0.29) is 5.91 Å². The second kappa shape index (κ2) is 4.94. The summed E-state index contributed by atoms with van der Waals surface area (Å²) in [5.41, 5.74) is 11.3. The number of aryl methyl sites for hydroxylation is 3. The first-order chi connectivity index (χ1) is 8.54. The highest BCUT2D eigenvalue weighted by Gasteiger charge is 2.16. The number of primary amides is 1. The van der Waals surface area contributed by atoms with Crippen LogP contribution in [0.5, 0.6) is 0 Å². The Hall–Kier alpha value is -1.61. The van der Waals surface area contributed by atoms with Gasteiger partial charge in [-0.25, -0.2) is 0 Å². The number of nitrogens with two attached hydrogens (primary N) is 1. The van der Waals surface area contributed by atoms with Gasteiger partial charge in [0.25, 0.3) is 5.91 Å². The van der Waals surface area contributed by atoms with Gasteiger partial charge >= 0.3 is 0 Å². The number of carbonyl (C=O) groups is 1. The Labute approximate surface area is 111 Å². The van der Waals surface area contributed by atoms with Gasteiger partial charge in [0.15, 0.2) is 0 Å². The Balaban J connectivity index is 2.70. The number of benzene rings is 1. The van der Waals surface area contributed by atoms with Crippen LogP contribution in [-0.2, 0) is 6.42 Å². The number of hydrogen-bond acceptors (Lipinski definition) is 2. The summed E-state index contributed by atoms with van der Waals surface area (Å²) in [6.45, 7) is 6.32. The van der Waals surface area contributed by atoms with E-state index in [1.54, 1.807) is 0 Å². The summed E-state index contributed by atoms with van der Waals surface area (Å²) in [7, 11) is 0. The summed E-state index contributed by atoms with van der Waals surface area (Å²) in [5.74, 6) is -0.345. The van der Waals surface area contributed by atoms with E-state index in [0.717, 1.165) is 17.5 Å². The second-order valence-corrected chi connectivity index (χ2v) is 5.41. The third kappa shape index (κ3) is 2.18. The van der Waals surface area contributed by atoms with Crippen molar-refractivity contribution in [3.05, 3.63) is 45.1 Å². The molecule has 2 rings (SSSR count). The predicted molar refractivity (Wildman–Crippen MR) is 77.1 cm³/mol. The molecule has 0 spiro atoms. The summed E-state index contributed by atoms with van der Waals surface area (Å²) < 4.78 is 0. The molecule has 3 heteroatoms. The Bertz CT molecular complexity index is 599. The van der Waals surface area contributed by atoms with Crippen LogP contribution in [0.2, 0.25) is 0 Å². The number of amides is 1. The van der Waals surface area contributed by atoms with Gasteiger partial charge in [0.1, 0.15) is 0 Å². The van der Waals surface area contributed by atoms with E-state index in [0.29, 0.717) is 4.88 Å². The van der Waals surface area contributed by atoms with Crippen LogP contribution in [-0.4, -0.2) is 5.91 Å². The Kier molecular flexibility index (Phi) is 3.53. The van der Waals surface area contributed by atoms with Crippen molar-refractivity contribution in [2.45, 2.75) is 27.2 Å². The van der Waals surface area contributed by atoms with E-state index in [2.05, 4.69) is 32.9 Å². The number of rotatable bonds is 3. The van der Waals surface area contributed by atoms with Crippen molar-refractivity contribution >= 4 is 17.2 Å². The highest BCUT2D eigenvalue weighted by Crippen LogP contribution is 2.34. The molecule has 2 nitrogen and oxygen atoms in total. The van der Waals surface area contributed by atoms with E-state index < -0.39 is 0 Å². The SMILES string of the molecule is CCc1cc(C)cc(C)c1-c1ccsc1C(N)=O. The molecule has 2 aromatic rings. The number of thiophene rings is 1. The highest BCUT2D eigenvalue weighted by atomic mass is 32.1. The average molecular weight is 259 g/mol. The van der Waals surface area contributed by atoms with Gasteiger partial charge in [-0.05, 0) is 48.4 Å². The van der Waals surface area contributed by atoms with Gasteiger partial charge in [0, 0.05) is 5.56 Å². The third-order valence-electron chi connectivity index (χ3n) is 3.10. The molecule has 0 atom stereocenters. The standard InChI is InChI=1S/C15H17NOS/c1-4-11-8-9(2)7-10(3)13(11)12-5-6-18-14(12)15(16)17/h5-8H,4H2,1-3H3,(H2,16,17). The average Bonchev–Trinajstić information content (AvgIpc) is 2.76. The fraction of sp³-hybridized carbons (Fsp3) is 0.267. The van der Waals surface area contributed by atoms with Gasteiger partial charge in [0.05, 0.1) is 4.88 Å². The zero-order valence-corrected chi connectivity index (χ0v) is 11.7. The smallest absolute Gasteiger partial charge is 0.259 e. The van der Waals surface area contributed by atoms with Crippen molar-refractivity contribution in [2.75, 3.05) is 0 Å². The monoisotopic (exact) mass is 259 g/mol. The van der Waals surface area contributed by atoms with Crippen molar-refractivity contribution in [3.8, 4) is 11.1 Å². The minimum Gasteiger partial charge on any atom is -0.365 e. The summed E-state index contributed by atoms with van der Waals surface area (Å²) in [4.78, 5) is 12.1. The van der Waals surface area contributed by atoms with Crippen LogP contribution < -0.4 is 5.73 Å². The fourth-order valence-electron chi connectivity index (χ4n) is 2.42. The van der Waals surface area contributed by atoms with Crippen molar-refractivity contribution in [2.24, 2.45) is 5.73 Å². The van der Waals surface area contributed by atoms with Crippen molar-refractivity contribution in [1.82, 2.24) is 0 Å². The molecule has 0 fully saturated rings. The molecule has 1 aromatic heterocycles. The Morgan fingerprint density at radius 2 is 2.06 bits per heavy atom. The van der Waals surface area contributed by atoms with Crippen LogP contribution in [0.4, 0.5) is 0 Å². The minimum atomic E-state index is -0.345. The van der Waals surface area contributed by atoms with Gasteiger partial charge in [-0.2, -0.15) is 0 Å². The molecule has 0 saturated heterocycles. The maximum Gasteiger partial charge on any atom is 0.259 e. The topological polar surface area (TPSA) is 43.1 Å². The molecule has 1 heterocycles. The van der Waals surface area contributed by atoms with Crippen LogP contribution in [0.3, 0.4) is 0 Å². The normalized spacial score (nSPS) is 10.6. The molecule has 0 aliphatic carbocycles. The van der Waals surface area contributed by atoms with Gasteiger partial charge in [-0.15, -0.1) is 11.3 Å². The molecule has 0 unspecified atom stereocenters. The summed E-state index contributed by atoms with van der Waals surface area (Å²) >= 11 is 1.41. The maximum absolute atomic E-state index is 11.5. The first-order valence-corrected chi connectivity index (χ1v) is 6.90. The van der Waals surface area contributed by atoms with Gasteiger partial charge in [-0.3, -0.25) is 4.79 Å². The second-order valence-electron chi connectivity index (χ2n) is 4.50. The molecular weight excluding hydrogens is 242 g/mol. The van der Waals surface area contributed by atoms with E-state index >= 15 is 0 Å². The van der Waals surface area contributed by atoms with Gasteiger partial charge in [0.2, 0.25) is 0 Å². The highest BCUT2D eigenvalue weighted by molar-refractivity contribution is 7.12. The zero-order chi connectivity index (χ0) is 13.3. The lowest BCUT2D eigenvalue weighted by atomic mass is 9.92. The molecule has 2 N–H and O–H groups in total. The van der Waals surface area contributed by atoms with Crippen molar-refractivity contribution in [3.63, 3.8) is 0 Å². The van der Waals surface area contributed by atoms with Crippen LogP contribution in [0.25, 0.3) is 11.1 Å². The van der Waals surface area contributed by atoms with E-state index in [1.165, 1.54) is 28.0 Å². The van der Waals surface area contributed by atoms with E-state index in [4.69, 9.17) is 5.73 Å². The molecule has 0 aliphatic heterocycles. The first kappa shape index (κ1) is 12.8. The van der Waals surface area contributed by atoms with Crippen molar-refractivity contribution < 1.29 is 4.79 Å². The van der Waals surface area contributed by atoms with Crippen LogP contribution in [0, 0.1) is 13.8 Å². The molecular formula is C15H17NOS. The Morgan fingerprint density at radius 3 is 2.67 bits per heavy atom. The quantitative estimate of drug-likeness (QED) is 0.897. The van der Waals surface area contributed by atoms with E-state index in [9.17, 15) is 4.79 Å². The molecule has 0 aliphatic rings. The van der Waals surface area contributed by atoms with Gasteiger partial charge in [-0.1, -0.05) is 24.6 Å². The zero-order valence-electron chi connectivity index (χ0n) is 10.9. The molecule has 0 saturated carbocycles. The van der Waals surface area contributed by atoms with Crippen molar-refractivity contribution in [1.29, 1.82) is 0 Å². The lowest BCUT2D eigenvalue weighted by molar-refractivity contribution is 0.100. The lowest BCUT2D eigenvalue weighted by Crippen LogP contribution is -2.10. The predicted octanol–water partition coefficient (Wildman–Crippen LogP) is 3.69. The minimum absolute atomic E-state index is 0.345. The number of carbonyl (C=O) groups excluding carboxylic acids is 1. The maximum atomic E-state index is 11.5. The summed E-state index contributed by atoms with van der Waals surface area (Å²) in [5, 5.41) is 1.92. The molecule has 1 aromatic carbocycles. The molecule has 0 radical (unpaired) electrons. The molecule has 1 amide bonds. The molecule has 18 heavy (non-hydrogen) atoms.